The van der Waals surface area contributed by atoms with Gasteiger partial charge in [0.15, 0.2) is 5.82 Å². The van der Waals surface area contributed by atoms with Crippen molar-refractivity contribution < 1.29 is 0 Å². The van der Waals surface area contributed by atoms with Crippen LogP contribution in [0.1, 0.15) is 22.3 Å². The molecule has 0 aliphatic carbocycles. The molecule has 0 N–H and O–H groups in total. The molecule has 0 saturated heterocycles. The Bertz CT molecular complexity index is 3430. The molecule has 0 aliphatic rings. The number of hydrogen-bond donors (Lipinski definition) is 0. The summed E-state index contributed by atoms with van der Waals surface area (Å²) >= 11 is 0. The van der Waals surface area contributed by atoms with Crippen LogP contribution in [0, 0.1) is 27.7 Å². The molecule has 11 rings (SSSR count). The van der Waals surface area contributed by atoms with Crippen LogP contribution in [-0.4, -0.2) is 14.5 Å². The molecule has 9 aromatic carbocycles. The van der Waals surface area contributed by atoms with Crippen LogP contribution in [0.2, 0.25) is 0 Å². The molecule has 0 saturated carbocycles. The van der Waals surface area contributed by atoms with Gasteiger partial charge in [0.2, 0.25) is 0 Å². The summed E-state index contributed by atoms with van der Waals surface area (Å²) in [5.41, 5.74) is 21.4. The summed E-state index contributed by atoms with van der Waals surface area (Å²) in [4.78, 5) is 12.6. The van der Waals surface area contributed by atoms with Crippen LogP contribution >= 0.6 is 0 Å². The van der Waals surface area contributed by atoms with Crippen molar-refractivity contribution in [1.29, 1.82) is 0 Å². The van der Waals surface area contributed by atoms with Crippen LogP contribution in [0.5, 0.6) is 0 Å². The lowest BCUT2D eigenvalue weighted by Crippen LogP contribution is -2.09. The third-order valence-corrected chi connectivity index (χ3v) is 12.7. The fraction of sp³-hybridized carbons (Fsp3) is 0.0645. The predicted octanol–water partition coefficient (Wildman–Crippen LogP) is 16.6. The van der Waals surface area contributed by atoms with Gasteiger partial charge in [-0.1, -0.05) is 151 Å². The Morgan fingerprint density at radius 2 is 0.879 bits per heavy atom. The Morgan fingerprint density at radius 1 is 0.348 bits per heavy atom. The third kappa shape index (κ3) is 7.63. The van der Waals surface area contributed by atoms with E-state index in [-0.39, 0.29) is 0 Å². The maximum absolute atomic E-state index is 5.20. The number of rotatable bonds is 9. The molecule has 11 aromatic rings. The minimum Gasteiger partial charge on any atom is -0.310 e. The van der Waals surface area contributed by atoms with Gasteiger partial charge < -0.3 is 9.47 Å². The van der Waals surface area contributed by atoms with E-state index in [1.165, 1.54) is 66.3 Å². The molecular formula is C62H48N4. The number of fused-ring (bicyclic) bond motifs is 3. The van der Waals surface area contributed by atoms with E-state index >= 15 is 0 Å². The first kappa shape index (κ1) is 40.4. The summed E-state index contributed by atoms with van der Waals surface area (Å²) in [7, 11) is 0. The highest BCUT2D eigenvalue weighted by Gasteiger charge is 2.19. The van der Waals surface area contributed by atoms with Crippen LogP contribution in [0.4, 0.5) is 17.1 Å². The number of aryl methyl sites for hydroxylation is 4. The Kier molecular flexibility index (Phi) is 10.4. The molecule has 4 heteroatoms. The highest BCUT2D eigenvalue weighted by molar-refractivity contribution is 6.10. The fourth-order valence-corrected chi connectivity index (χ4v) is 9.61. The van der Waals surface area contributed by atoms with Crippen LogP contribution in [-0.2, 0) is 0 Å². The van der Waals surface area contributed by atoms with Gasteiger partial charge in [0.05, 0.1) is 22.4 Å². The van der Waals surface area contributed by atoms with Crippen molar-refractivity contribution in [2.75, 3.05) is 4.90 Å². The molecule has 0 aliphatic heterocycles. The van der Waals surface area contributed by atoms with Gasteiger partial charge in [0, 0.05) is 50.2 Å². The molecule has 2 aromatic heterocycles. The van der Waals surface area contributed by atoms with Gasteiger partial charge in [-0.15, -0.1) is 0 Å². The maximum Gasteiger partial charge on any atom is 0.160 e. The van der Waals surface area contributed by atoms with Gasteiger partial charge in [-0.2, -0.15) is 0 Å². The average Bonchev–Trinajstić information content (AvgIpc) is 3.68. The summed E-state index contributed by atoms with van der Waals surface area (Å²) in [5, 5.41) is 2.44. The van der Waals surface area contributed by atoms with E-state index in [1.54, 1.807) is 0 Å². The van der Waals surface area contributed by atoms with Gasteiger partial charge in [-0.25, -0.2) is 9.97 Å². The summed E-state index contributed by atoms with van der Waals surface area (Å²) in [6, 6.07) is 78.4. The van der Waals surface area contributed by atoms with Crippen molar-refractivity contribution in [2.24, 2.45) is 0 Å². The van der Waals surface area contributed by atoms with Gasteiger partial charge in [-0.05, 0) is 140 Å². The molecule has 4 nitrogen and oxygen atoms in total. The summed E-state index contributed by atoms with van der Waals surface area (Å²) < 4.78 is 2.39. The minimum atomic E-state index is 0.734. The quantitative estimate of drug-likeness (QED) is 0.145. The van der Waals surface area contributed by atoms with Crippen LogP contribution in [0.25, 0.3) is 83.6 Å². The van der Waals surface area contributed by atoms with Crippen molar-refractivity contribution in [3.8, 4) is 61.8 Å². The molecule has 66 heavy (non-hydrogen) atoms. The normalized spacial score (nSPS) is 11.3. The molecule has 0 spiro atoms. The zero-order chi connectivity index (χ0) is 44.7. The van der Waals surface area contributed by atoms with Crippen molar-refractivity contribution in [3.63, 3.8) is 0 Å². The molecule has 0 radical (unpaired) electrons. The summed E-state index contributed by atoms with van der Waals surface area (Å²) in [5.74, 6) is 0.734. The number of anilines is 3. The first-order chi connectivity index (χ1) is 32.3. The number of nitrogens with zero attached hydrogens (tertiary/aromatic N) is 4. The second kappa shape index (κ2) is 17.0. The lowest BCUT2D eigenvalue weighted by molar-refractivity contribution is 1.17. The monoisotopic (exact) mass is 848 g/mol. The molecule has 0 amide bonds. The molecule has 0 bridgehead atoms. The molecule has 2 heterocycles. The first-order valence-corrected chi connectivity index (χ1v) is 22.6. The molecule has 0 atom stereocenters. The summed E-state index contributed by atoms with van der Waals surface area (Å²) in [6.07, 6.45) is 0. The highest BCUT2D eigenvalue weighted by atomic mass is 15.1. The second-order valence-corrected chi connectivity index (χ2v) is 17.4. The van der Waals surface area contributed by atoms with Gasteiger partial charge in [-0.3, -0.25) is 0 Å². The van der Waals surface area contributed by atoms with Crippen LogP contribution in [0.15, 0.2) is 218 Å². The SMILES string of the molecule is Cc1cccc(-c2cc(-c3c(C)cc(-c4ccc(-c5ccc(-n6c7ccccc7c7cc(N(c8ccccc8)c8ccccc8)ccc76)cc5)cc4)cc3C)nc(-c3cccc(C)c3)n2)c1. The van der Waals surface area contributed by atoms with Crippen molar-refractivity contribution in [2.45, 2.75) is 27.7 Å². The van der Waals surface area contributed by atoms with E-state index in [0.29, 0.717) is 0 Å². The Morgan fingerprint density at radius 3 is 1.52 bits per heavy atom. The zero-order valence-electron chi connectivity index (χ0n) is 37.6. The standard InChI is InChI=1S/C62H48N4/c1-41-15-13-17-48(35-41)57-40-58(64-62(63-57)49-18-14-16-42(2)36-49)61-43(3)37-50(38-44(61)4)47-27-25-45(26-28-47)46-29-31-53(32-30-46)66-59-24-12-11-23-55(59)56-39-54(33-34-60(56)66)65(51-19-7-5-8-20-51)52-21-9-6-10-22-52/h5-40H,1-4H3. The van der Waals surface area contributed by atoms with E-state index in [2.05, 4.69) is 256 Å². The Hall–Kier alpha value is -8.34. The van der Waals surface area contributed by atoms with E-state index in [1.807, 2.05) is 0 Å². The lowest BCUT2D eigenvalue weighted by atomic mass is 9.92. The van der Waals surface area contributed by atoms with Crippen LogP contribution < -0.4 is 4.90 Å². The van der Waals surface area contributed by atoms with Gasteiger partial charge in [0.25, 0.3) is 0 Å². The van der Waals surface area contributed by atoms with E-state index in [0.717, 1.165) is 56.7 Å². The maximum atomic E-state index is 5.20. The second-order valence-electron chi connectivity index (χ2n) is 17.4. The smallest absolute Gasteiger partial charge is 0.160 e. The zero-order valence-corrected chi connectivity index (χ0v) is 37.6. The predicted molar refractivity (Wildman–Crippen MR) is 277 cm³/mol. The first-order valence-electron chi connectivity index (χ1n) is 22.6. The van der Waals surface area contributed by atoms with Gasteiger partial charge in [0.1, 0.15) is 0 Å². The Labute approximate surface area is 386 Å². The number of aromatic nitrogens is 3. The number of hydrogen-bond acceptors (Lipinski definition) is 3. The van der Waals surface area contributed by atoms with E-state index in [9.17, 15) is 0 Å². The molecular weight excluding hydrogens is 801 g/mol. The highest BCUT2D eigenvalue weighted by Crippen LogP contribution is 2.40. The van der Waals surface area contributed by atoms with Crippen molar-refractivity contribution in [1.82, 2.24) is 14.5 Å². The fourth-order valence-electron chi connectivity index (χ4n) is 9.61. The van der Waals surface area contributed by atoms with Gasteiger partial charge >= 0.3 is 0 Å². The lowest BCUT2D eigenvalue weighted by Gasteiger charge is -2.25. The number of benzene rings is 9. The molecule has 316 valence electrons. The van der Waals surface area contributed by atoms with E-state index < -0.39 is 0 Å². The minimum absolute atomic E-state index is 0.734. The van der Waals surface area contributed by atoms with E-state index in [4.69, 9.17) is 9.97 Å². The van der Waals surface area contributed by atoms with Crippen molar-refractivity contribution in [3.05, 3.63) is 241 Å². The molecule has 0 unspecified atom stereocenters. The third-order valence-electron chi connectivity index (χ3n) is 12.7. The molecule has 0 fully saturated rings. The van der Waals surface area contributed by atoms with Crippen LogP contribution in [0.3, 0.4) is 0 Å². The topological polar surface area (TPSA) is 34.0 Å². The average molecular weight is 849 g/mol. The summed E-state index contributed by atoms with van der Waals surface area (Å²) in [6.45, 7) is 8.63. The van der Waals surface area contributed by atoms with Crippen molar-refractivity contribution >= 4 is 38.9 Å². The largest absolute Gasteiger partial charge is 0.310 e. The Balaban J connectivity index is 0.896. The number of para-hydroxylation sites is 3.